The van der Waals surface area contributed by atoms with Gasteiger partial charge in [-0.2, -0.15) is 0 Å². The predicted octanol–water partition coefficient (Wildman–Crippen LogP) is 4.72. The van der Waals surface area contributed by atoms with Crippen LogP contribution in [0, 0.1) is 5.82 Å². The van der Waals surface area contributed by atoms with E-state index < -0.39 is 5.92 Å². The van der Waals surface area contributed by atoms with Crippen molar-refractivity contribution in [3.8, 4) is 11.5 Å². The number of fused-ring (bicyclic) bond motifs is 2. The molecule has 0 fully saturated rings. The van der Waals surface area contributed by atoms with Crippen LogP contribution in [0.1, 0.15) is 22.6 Å². The number of benzene rings is 3. The van der Waals surface area contributed by atoms with E-state index in [-0.39, 0.29) is 11.7 Å². The highest BCUT2D eigenvalue weighted by molar-refractivity contribution is 5.89. The molecule has 0 aromatic heterocycles. The van der Waals surface area contributed by atoms with Gasteiger partial charge in [-0.3, -0.25) is 4.79 Å². The standard InChI is InChI=1S/C22H18FNO2/c1-24(14-15-10-12-16(23)13-11-15)22(25)21-17-6-2-4-8-19(17)26-20-9-5-3-7-18(20)21/h2-13,21H,14H2,1H3. The highest BCUT2D eigenvalue weighted by atomic mass is 19.1. The minimum Gasteiger partial charge on any atom is -0.457 e. The summed E-state index contributed by atoms with van der Waals surface area (Å²) >= 11 is 0. The molecule has 0 spiro atoms. The molecule has 1 amide bonds. The van der Waals surface area contributed by atoms with Crippen LogP contribution < -0.4 is 4.74 Å². The molecule has 4 heteroatoms. The van der Waals surface area contributed by atoms with Crippen molar-refractivity contribution in [2.75, 3.05) is 7.05 Å². The van der Waals surface area contributed by atoms with Crippen molar-refractivity contribution in [1.29, 1.82) is 0 Å². The molecule has 0 N–H and O–H groups in total. The van der Waals surface area contributed by atoms with Crippen LogP contribution in [0.2, 0.25) is 0 Å². The lowest BCUT2D eigenvalue weighted by atomic mass is 9.87. The van der Waals surface area contributed by atoms with Gasteiger partial charge in [0.1, 0.15) is 17.3 Å². The molecule has 0 unspecified atom stereocenters. The molecule has 1 heterocycles. The Morgan fingerprint density at radius 2 is 1.46 bits per heavy atom. The number of hydrogen-bond donors (Lipinski definition) is 0. The minimum atomic E-state index is -0.415. The summed E-state index contributed by atoms with van der Waals surface area (Å²) in [4.78, 5) is 15.0. The fourth-order valence-corrected chi connectivity index (χ4v) is 3.34. The summed E-state index contributed by atoms with van der Waals surface area (Å²) in [7, 11) is 1.77. The van der Waals surface area contributed by atoms with E-state index >= 15 is 0 Å². The zero-order valence-electron chi connectivity index (χ0n) is 14.4. The number of halogens is 1. The summed E-state index contributed by atoms with van der Waals surface area (Å²) < 4.78 is 19.1. The lowest BCUT2D eigenvalue weighted by molar-refractivity contribution is -0.131. The van der Waals surface area contributed by atoms with Gasteiger partial charge in [-0.25, -0.2) is 4.39 Å². The van der Waals surface area contributed by atoms with Crippen LogP contribution in [0.15, 0.2) is 72.8 Å². The van der Waals surface area contributed by atoms with Crippen LogP contribution >= 0.6 is 0 Å². The van der Waals surface area contributed by atoms with Gasteiger partial charge in [0.15, 0.2) is 0 Å². The van der Waals surface area contributed by atoms with E-state index in [1.54, 1.807) is 24.1 Å². The quantitative estimate of drug-likeness (QED) is 0.686. The van der Waals surface area contributed by atoms with Gasteiger partial charge in [-0.15, -0.1) is 0 Å². The summed E-state index contributed by atoms with van der Waals surface area (Å²) in [6, 6.07) is 21.5. The molecular formula is C22H18FNO2. The summed E-state index contributed by atoms with van der Waals surface area (Å²) in [5.41, 5.74) is 2.61. The maximum Gasteiger partial charge on any atom is 0.234 e. The predicted molar refractivity (Wildman–Crippen MR) is 97.7 cm³/mol. The van der Waals surface area contributed by atoms with E-state index in [1.165, 1.54) is 12.1 Å². The molecule has 130 valence electrons. The second kappa shape index (κ2) is 6.64. The first-order valence-corrected chi connectivity index (χ1v) is 8.48. The van der Waals surface area contributed by atoms with Crippen molar-refractivity contribution in [2.45, 2.75) is 12.5 Å². The Kier molecular flexibility index (Phi) is 4.17. The highest BCUT2D eigenvalue weighted by Gasteiger charge is 2.34. The normalized spacial score (nSPS) is 12.7. The van der Waals surface area contributed by atoms with Gasteiger partial charge < -0.3 is 9.64 Å². The number of ether oxygens (including phenoxy) is 1. The van der Waals surface area contributed by atoms with E-state index in [0.29, 0.717) is 18.0 Å². The van der Waals surface area contributed by atoms with Gasteiger partial charge in [0, 0.05) is 24.7 Å². The van der Waals surface area contributed by atoms with Crippen molar-refractivity contribution in [1.82, 2.24) is 4.90 Å². The molecule has 3 nitrogen and oxygen atoms in total. The molecule has 4 rings (SSSR count). The summed E-state index contributed by atoms with van der Waals surface area (Å²) in [5, 5.41) is 0. The third-order valence-electron chi connectivity index (χ3n) is 4.64. The van der Waals surface area contributed by atoms with Gasteiger partial charge >= 0.3 is 0 Å². The molecule has 26 heavy (non-hydrogen) atoms. The van der Waals surface area contributed by atoms with Crippen molar-refractivity contribution >= 4 is 5.91 Å². The summed E-state index contributed by atoms with van der Waals surface area (Å²) in [6.07, 6.45) is 0. The van der Waals surface area contributed by atoms with E-state index in [2.05, 4.69) is 0 Å². The van der Waals surface area contributed by atoms with E-state index in [4.69, 9.17) is 4.74 Å². The molecule has 0 radical (unpaired) electrons. The van der Waals surface area contributed by atoms with Crippen LogP contribution in [0.4, 0.5) is 4.39 Å². The van der Waals surface area contributed by atoms with Crippen LogP contribution in [-0.2, 0) is 11.3 Å². The molecular weight excluding hydrogens is 329 g/mol. The smallest absolute Gasteiger partial charge is 0.234 e. The largest absolute Gasteiger partial charge is 0.457 e. The molecule has 3 aromatic rings. The number of amides is 1. The zero-order valence-corrected chi connectivity index (χ0v) is 14.4. The highest BCUT2D eigenvalue weighted by Crippen LogP contribution is 2.44. The Morgan fingerprint density at radius 3 is 2.04 bits per heavy atom. The first-order valence-electron chi connectivity index (χ1n) is 8.48. The molecule has 0 saturated heterocycles. The van der Waals surface area contributed by atoms with E-state index in [0.717, 1.165) is 16.7 Å². The van der Waals surface area contributed by atoms with Crippen LogP contribution in [0.25, 0.3) is 0 Å². The minimum absolute atomic E-state index is 0.0162. The SMILES string of the molecule is CN(Cc1ccc(F)cc1)C(=O)C1c2ccccc2Oc2ccccc21. The summed E-state index contributed by atoms with van der Waals surface area (Å²) in [6.45, 7) is 0.417. The van der Waals surface area contributed by atoms with Gasteiger partial charge in [-0.05, 0) is 29.8 Å². The fraction of sp³-hybridized carbons (Fsp3) is 0.136. The van der Waals surface area contributed by atoms with Crippen molar-refractivity contribution < 1.29 is 13.9 Å². The molecule has 1 aliphatic heterocycles. The zero-order chi connectivity index (χ0) is 18.1. The first kappa shape index (κ1) is 16.3. The number of nitrogens with zero attached hydrogens (tertiary/aromatic N) is 1. The van der Waals surface area contributed by atoms with Crippen molar-refractivity contribution in [3.63, 3.8) is 0 Å². The Hall–Kier alpha value is -3.14. The van der Waals surface area contributed by atoms with E-state index in [9.17, 15) is 9.18 Å². The third-order valence-corrected chi connectivity index (χ3v) is 4.64. The second-order valence-corrected chi connectivity index (χ2v) is 6.43. The van der Waals surface area contributed by atoms with Crippen LogP contribution in [0.3, 0.4) is 0 Å². The number of carbonyl (C=O) groups excluding carboxylic acids is 1. The van der Waals surface area contributed by atoms with Crippen molar-refractivity contribution in [2.24, 2.45) is 0 Å². The number of hydrogen-bond acceptors (Lipinski definition) is 2. The molecule has 0 saturated carbocycles. The average Bonchev–Trinajstić information content (AvgIpc) is 2.67. The van der Waals surface area contributed by atoms with E-state index in [1.807, 2.05) is 48.5 Å². The Balaban J connectivity index is 1.68. The van der Waals surface area contributed by atoms with Crippen LogP contribution in [-0.4, -0.2) is 17.9 Å². The maximum atomic E-state index is 13.3. The lowest BCUT2D eigenvalue weighted by Crippen LogP contribution is -2.33. The number of likely N-dealkylation sites (N-methyl/N-ethyl adjacent to an activating group) is 1. The van der Waals surface area contributed by atoms with Gasteiger partial charge in [0.05, 0.1) is 5.92 Å². The molecule has 3 aromatic carbocycles. The number of carbonyl (C=O) groups is 1. The monoisotopic (exact) mass is 347 g/mol. The maximum absolute atomic E-state index is 13.3. The Labute approximate surface area is 151 Å². The molecule has 0 bridgehead atoms. The van der Waals surface area contributed by atoms with Gasteiger partial charge in [-0.1, -0.05) is 48.5 Å². The topological polar surface area (TPSA) is 29.5 Å². The first-order chi connectivity index (χ1) is 12.6. The van der Waals surface area contributed by atoms with Crippen molar-refractivity contribution in [3.05, 3.63) is 95.3 Å². The Morgan fingerprint density at radius 1 is 0.923 bits per heavy atom. The van der Waals surface area contributed by atoms with Crippen LogP contribution in [0.5, 0.6) is 11.5 Å². The number of para-hydroxylation sites is 2. The average molecular weight is 347 g/mol. The molecule has 0 atom stereocenters. The van der Waals surface area contributed by atoms with Gasteiger partial charge in [0.25, 0.3) is 0 Å². The third kappa shape index (κ3) is 2.94. The number of rotatable bonds is 3. The molecule has 1 aliphatic rings. The lowest BCUT2D eigenvalue weighted by Gasteiger charge is -2.30. The summed E-state index contributed by atoms with van der Waals surface area (Å²) in [5.74, 6) is 0.702. The Bertz CT molecular complexity index is 907. The fourth-order valence-electron chi connectivity index (χ4n) is 3.34. The van der Waals surface area contributed by atoms with Gasteiger partial charge in [0.2, 0.25) is 5.91 Å². The second-order valence-electron chi connectivity index (χ2n) is 6.43. The molecule has 0 aliphatic carbocycles.